The van der Waals surface area contributed by atoms with Gasteiger partial charge in [-0.05, 0) is 42.9 Å². The van der Waals surface area contributed by atoms with Crippen LogP contribution in [-0.2, 0) is 21.2 Å². The number of halogens is 1. The number of aliphatic imine (C=N–C) groups is 1. The van der Waals surface area contributed by atoms with Crippen LogP contribution in [0.25, 0.3) is 0 Å². The highest BCUT2D eigenvalue weighted by atomic mass is 35.5. The molecule has 0 fully saturated rings. The second kappa shape index (κ2) is 12.5. The average Bonchev–Trinajstić information content (AvgIpc) is 2.79. The number of nitrogen functional groups attached to an aromatic ring is 2. The summed E-state index contributed by atoms with van der Waals surface area (Å²) in [5.74, 6) is -2.15. The standard InChI is InChI=1S/C21H30ClN9O4S/c1-11(2)14(19(25)32)31-36(34,35)13-8-6-12(7-9-13)5-3-4-10-27-21(26)30-20(33)15-17(23)29-18(24)16(22)28-15/h6-9,11,14,31H,3-5,10H2,1-2H3,(H2,25,32)(H4,23,24,29)(H3,26,27,30,33)/t14-/m1/s1. The maximum absolute atomic E-state index is 12.5. The molecular weight excluding hydrogens is 510 g/mol. The zero-order valence-electron chi connectivity index (χ0n) is 19.9. The zero-order valence-corrected chi connectivity index (χ0v) is 21.4. The molecule has 0 radical (unpaired) electrons. The van der Waals surface area contributed by atoms with Crippen molar-refractivity contribution in [1.82, 2.24) is 20.0 Å². The molecule has 0 aliphatic rings. The minimum Gasteiger partial charge on any atom is -0.382 e. The summed E-state index contributed by atoms with van der Waals surface area (Å²) >= 11 is 5.76. The summed E-state index contributed by atoms with van der Waals surface area (Å²) in [7, 11) is -3.89. The van der Waals surface area contributed by atoms with Crippen LogP contribution >= 0.6 is 11.6 Å². The molecule has 0 aliphatic carbocycles. The molecule has 2 amide bonds. The van der Waals surface area contributed by atoms with E-state index < -0.39 is 27.9 Å². The Morgan fingerprint density at radius 1 is 1.06 bits per heavy atom. The summed E-state index contributed by atoms with van der Waals surface area (Å²) in [6.45, 7) is 3.75. The number of aromatic nitrogens is 2. The van der Waals surface area contributed by atoms with Gasteiger partial charge in [0, 0.05) is 6.54 Å². The molecule has 196 valence electrons. The van der Waals surface area contributed by atoms with Crippen LogP contribution < -0.4 is 33.0 Å². The zero-order chi connectivity index (χ0) is 27.0. The second-order valence-corrected chi connectivity index (χ2v) is 10.3. The van der Waals surface area contributed by atoms with Crippen molar-refractivity contribution < 1.29 is 18.0 Å². The summed E-state index contributed by atoms with van der Waals surface area (Å²) in [5, 5.41) is 2.20. The van der Waals surface area contributed by atoms with Gasteiger partial charge in [0.25, 0.3) is 5.91 Å². The summed E-state index contributed by atoms with van der Waals surface area (Å²) in [6, 6.07) is 5.34. The number of unbranched alkanes of at least 4 members (excludes halogenated alkanes) is 1. The number of hydrogen-bond acceptors (Lipinski definition) is 9. The lowest BCUT2D eigenvalue weighted by Gasteiger charge is -2.19. The summed E-state index contributed by atoms with van der Waals surface area (Å²) in [5.41, 5.74) is 22.8. The molecule has 15 heteroatoms. The fourth-order valence-electron chi connectivity index (χ4n) is 3.06. The number of carbonyl (C=O) groups excluding carboxylic acids is 2. The van der Waals surface area contributed by atoms with Gasteiger partial charge in [-0.3, -0.25) is 19.9 Å². The summed E-state index contributed by atoms with van der Waals surface area (Å²) in [6.07, 6.45) is 2.06. The molecule has 0 aliphatic heterocycles. The number of rotatable bonds is 11. The normalized spacial score (nSPS) is 12.9. The van der Waals surface area contributed by atoms with Gasteiger partial charge in [-0.15, -0.1) is 0 Å². The molecule has 13 nitrogen and oxygen atoms in total. The van der Waals surface area contributed by atoms with E-state index in [1.54, 1.807) is 26.0 Å². The van der Waals surface area contributed by atoms with E-state index in [1.165, 1.54) is 12.1 Å². The van der Waals surface area contributed by atoms with Gasteiger partial charge in [-0.1, -0.05) is 37.6 Å². The minimum atomic E-state index is -3.89. The minimum absolute atomic E-state index is 0.0407. The van der Waals surface area contributed by atoms with Crippen LogP contribution in [0.2, 0.25) is 5.15 Å². The third-order valence-electron chi connectivity index (χ3n) is 5.01. The Hall–Kier alpha value is -3.49. The Bertz CT molecular complexity index is 1230. The first-order valence-electron chi connectivity index (χ1n) is 10.9. The first kappa shape index (κ1) is 28.7. The summed E-state index contributed by atoms with van der Waals surface area (Å²) in [4.78, 5) is 35.4. The van der Waals surface area contributed by atoms with Crippen LogP contribution in [0.4, 0.5) is 11.6 Å². The number of nitrogens with two attached hydrogens (primary N) is 4. The first-order valence-corrected chi connectivity index (χ1v) is 12.8. The molecule has 1 aromatic heterocycles. The maximum atomic E-state index is 12.5. The number of amides is 2. The van der Waals surface area contributed by atoms with Crippen molar-refractivity contribution in [2.75, 3.05) is 18.0 Å². The smallest absolute Gasteiger partial charge is 0.280 e. The van der Waals surface area contributed by atoms with E-state index in [0.717, 1.165) is 12.0 Å². The molecule has 2 aromatic rings. The number of anilines is 2. The SMILES string of the molecule is CC(C)[C@@H](NS(=O)(=O)c1ccc(CCCCN=C(N)NC(=O)c2nc(Cl)c(N)nc2N)cc1)C(N)=O. The van der Waals surface area contributed by atoms with E-state index in [4.69, 9.17) is 34.5 Å². The van der Waals surface area contributed by atoms with Gasteiger partial charge in [0.15, 0.2) is 28.4 Å². The number of sulfonamides is 1. The van der Waals surface area contributed by atoms with Gasteiger partial charge in [0.05, 0.1) is 4.90 Å². The highest BCUT2D eigenvalue weighted by Crippen LogP contribution is 2.17. The fourth-order valence-corrected chi connectivity index (χ4v) is 4.54. The van der Waals surface area contributed by atoms with Gasteiger partial charge >= 0.3 is 0 Å². The Labute approximate surface area is 214 Å². The molecule has 0 bridgehead atoms. The molecule has 0 spiro atoms. The number of nitrogens with zero attached hydrogens (tertiary/aromatic N) is 3. The van der Waals surface area contributed by atoms with Gasteiger partial charge in [-0.25, -0.2) is 18.4 Å². The quantitative estimate of drug-likeness (QED) is 0.129. The first-order chi connectivity index (χ1) is 16.8. The molecule has 0 saturated carbocycles. The van der Waals surface area contributed by atoms with Crippen molar-refractivity contribution in [3.63, 3.8) is 0 Å². The lowest BCUT2D eigenvalue weighted by Crippen LogP contribution is -2.47. The molecule has 2 rings (SSSR count). The number of carbonyl (C=O) groups is 2. The van der Waals surface area contributed by atoms with Crippen molar-refractivity contribution in [2.45, 2.75) is 44.0 Å². The van der Waals surface area contributed by atoms with Crippen molar-refractivity contribution in [3.8, 4) is 0 Å². The van der Waals surface area contributed by atoms with Crippen LogP contribution in [0.3, 0.4) is 0 Å². The molecule has 1 heterocycles. The molecular formula is C21H30ClN9O4S. The number of hydrogen-bond donors (Lipinski definition) is 6. The third-order valence-corrected chi connectivity index (χ3v) is 6.74. The number of benzene rings is 1. The number of nitrogens with one attached hydrogen (secondary N) is 2. The van der Waals surface area contributed by atoms with E-state index in [0.29, 0.717) is 19.4 Å². The van der Waals surface area contributed by atoms with Crippen LogP contribution in [0, 0.1) is 5.92 Å². The molecule has 10 N–H and O–H groups in total. The van der Waals surface area contributed by atoms with E-state index in [9.17, 15) is 18.0 Å². The largest absolute Gasteiger partial charge is 0.382 e. The van der Waals surface area contributed by atoms with Crippen molar-refractivity contribution >= 4 is 51.0 Å². The highest BCUT2D eigenvalue weighted by molar-refractivity contribution is 7.89. The monoisotopic (exact) mass is 539 g/mol. The Morgan fingerprint density at radius 3 is 2.28 bits per heavy atom. The number of guanidine groups is 1. The van der Waals surface area contributed by atoms with Gasteiger partial charge in [0.2, 0.25) is 15.9 Å². The predicted molar refractivity (Wildman–Crippen MR) is 137 cm³/mol. The van der Waals surface area contributed by atoms with Gasteiger partial charge in [-0.2, -0.15) is 4.72 Å². The second-order valence-electron chi connectivity index (χ2n) is 8.20. The Kier molecular flexibility index (Phi) is 9.95. The lowest BCUT2D eigenvalue weighted by molar-refractivity contribution is -0.120. The number of aryl methyl sites for hydroxylation is 1. The molecule has 36 heavy (non-hydrogen) atoms. The van der Waals surface area contributed by atoms with Crippen LogP contribution in [-0.4, -0.2) is 48.7 Å². The molecule has 0 saturated heterocycles. The number of primary amides is 1. The predicted octanol–water partition coefficient (Wildman–Crippen LogP) is 0.150. The van der Waals surface area contributed by atoms with E-state index in [1.807, 2.05) is 0 Å². The highest BCUT2D eigenvalue weighted by Gasteiger charge is 2.26. The van der Waals surface area contributed by atoms with Crippen LogP contribution in [0.1, 0.15) is 42.7 Å². The van der Waals surface area contributed by atoms with E-state index in [-0.39, 0.29) is 39.3 Å². The van der Waals surface area contributed by atoms with Crippen molar-refractivity contribution in [2.24, 2.45) is 22.4 Å². The molecule has 1 aromatic carbocycles. The van der Waals surface area contributed by atoms with Gasteiger partial charge < -0.3 is 22.9 Å². The summed E-state index contributed by atoms with van der Waals surface area (Å²) < 4.78 is 27.4. The van der Waals surface area contributed by atoms with Crippen LogP contribution in [0.5, 0.6) is 0 Å². The molecule has 0 unspecified atom stereocenters. The van der Waals surface area contributed by atoms with Crippen LogP contribution in [0.15, 0.2) is 34.2 Å². The van der Waals surface area contributed by atoms with E-state index >= 15 is 0 Å². The molecule has 1 atom stereocenters. The Morgan fingerprint density at radius 2 is 1.69 bits per heavy atom. The van der Waals surface area contributed by atoms with Crippen molar-refractivity contribution in [3.05, 3.63) is 40.7 Å². The topological polar surface area (TPSA) is 235 Å². The van der Waals surface area contributed by atoms with E-state index in [2.05, 4.69) is 25.0 Å². The average molecular weight is 540 g/mol. The third kappa shape index (κ3) is 8.03. The van der Waals surface area contributed by atoms with Crippen molar-refractivity contribution in [1.29, 1.82) is 0 Å². The lowest BCUT2D eigenvalue weighted by atomic mass is 10.1. The fraction of sp³-hybridized carbons (Fsp3) is 0.381. The Balaban J connectivity index is 1.84. The van der Waals surface area contributed by atoms with Gasteiger partial charge in [0.1, 0.15) is 6.04 Å². The maximum Gasteiger partial charge on any atom is 0.280 e.